The average Bonchev–Trinajstić information content (AvgIpc) is 2.79. The number of amides is 1. The predicted molar refractivity (Wildman–Crippen MR) is 113 cm³/mol. The minimum atomic E-state index is -0.241. The molecular formula is C23H23FN4O. The number of carbonyl (C=O) groups is 1. The minimum Gasteiger partial charge on any atom is -0.381 e. The molecule has 0 bridgehead atoms. The summed E-state index contributed by atoms with van der Waals surface area (Å²) < 4.78 is 13.1. The van der Waals surface area contributed by atoms with Gasteiger partial charge in [0, 0.05) is 50.3 Å². The summed E-state index contributed by atoms with van der Waals surface area (Å²) in [4.78, 5) is 21.1. The monoisotopic (exact) mass is 390 g/mol. The fourth-order valence-corrected chi connectivity index (χ4v) is 3.44. The average molecular weight is 390 g/mol. The van der Waals surface area contributed by atoms with E-state index in [1.807, 2.05) is 29.2 Å². The summed E-state index contributed by atoms with van der Waals surface area (Å²) in [5, 5.41) is 3.34. The first-order valence-electron chi connectivity index (χ1n) is 9.73. The Balaban J connectivity index is 1.35. The number of benzene rings is 2. The molecule has 1 aliphatic heterocycles. The fourth-order valence-electron chi connectivity index (χ4n) is 3.44. The molecule has 6 heteroatoms. The number of piperazine rings is 1. The molecule has 1 aliphatic rings. The number of anilines is 2. The maximum atomic E-state index is 13.1. The third kappa shape index (κ3) is 4.71. The molecule has 0 spiro atoms. The molecule has 1 amide bonds. The lowest BCUT2D eigenvalue weighted by atomic mass is 10.2. The van der Waals surface area contributed by atoms with Gasteiger partial charge in [0.05, 0.1) is 0 Å². The summed E-state index contributed by atoms with van der Waals surface area (Å²) in [6, 6.07) is 20.3. The second-order valence-electron chi connectivity index (χ2n) is 7.02. The maximum Gasteiger partial charge on any atom is 0.272 e. The van der Waals surface area contributed by atoms with Crippen molar-refractivity contribution in [1.29, 1.82) is 0 Å². The van der Waals surface area contributed by atoms with E-state index < -0.39 is 0 Å². The molecule has 5 nitrogen and oxygen atoms in total. The highest BCUT2D eigenvalue weighted by atomic mass is 19.1. The van der Waals surface area contributed by atoms with Crippen LogP contribution >= 0.6 is 0 Å². The van der Waals surface area contributed by atoms with Crippen LogP contribution in [0.1, 0.15) is 16.1 Å². The molecule has 1 fully saturated rings. The third-order valence-corrected chi connectivity index (χ3v) is 5.08. The van der Waals surface area contributed by atoms with Crippen molar-refractivity contribution in [2.45, 2.75) is 6.54 Å². The quantitative estimate of drug-likeness (QED) is 0.720. The van der Waals surface area contributed by atoms with Gasteiger partial charge in [0.2, 0.25) is 0 Å². The van der Waals surface area contributed by atoms with Crippen molar-refractivity contribution in [2.24, 2.45) is 0 Å². The summed E-state index contributed by atoms with van der Waals surface area (Å²) in [6.07, 6.45) is 1.66. The van der Waals surface area contributed by atoms with E-state index in [1.165, 1.54) is 17.7 Å². The maximum absolute atomic E-state index is 13.1. The van der Waals surface area contributed by atoms with Gasteiger partial charge in [-0.1, -0.05) is 30.3 Å². The Kier molecular flexibility index (Phi) is 5.70. The van der Waals surface area contributed by atoms with Crippen molar-refractivity contribution in [3.63, 3.8) is 0 Å². The second kappa shape index (κ2) is 8.73. The molecule has 3 aromatic rings. The van der Waals surface area contributed by atoms with E-state index in [1.54, 1.807) is 24.4 Å². The van der Waals surface area contributed by atoms with Gasteiger partial charge >= 0.3 is 0 Å². The Morgan fingerprint density at radius 2 is 1.69 bits per heavy atom. The van der Waals surface area contributed by atoms with Gasteiger partial charge in [-0.05, 0) is 42.0 Å². The minimum absolute atomic E-state index is 0.0629. The summed E-state index contributed by atoms with van der Waals surface area (Å²) in [5.74, 6) is -0.304. The van der Waals surface area contributed by atoms with Crippen LogP contribution in [0, 0.1) is 5.82 Å². The van der Waals surface area contributed by atoms with E-state index in [0.29, 0.717) is 38.4 Å². The second-order valence-corrected chi connectivity index (χ2v) is 7.02. The van der Waals surface area contributed by atoms with Gasteiger partial charge in [-0.3, -0.25) is 9.78 Å². The van der Waals surface area contributed by atoms with Crippen molar-refractivity contribution < 1.29 is 9.18 Å². The van der Waals surface area contributed by atoms with Crippen LogP contribution in [0.15, 0.2) is 72.9 Å². The fraction of sp³-hybridized carbons (Fsp3) is 0.217. The number of hydrogen-bond acceptors (Lipinski definition) is 4. The van der Waals surface area contributed by atoms with Gasteiger partial charge in [-0.25, -0.2) is 4.39 Å². The summed E-state index contributed by atoms with van der Waals surface area (Å²) in [6.45, 7) is 3.33. The molecule has 0 aliphatic carbocycles. The Morgan fingerprint density at radius 3 is 2.41 bits per heavy atom. The topological polar surface area (TPSA) is 48.5 Å². The molecule has 0 saturated carbocycles. The molecule has 0 radical (unpaired) electrons. The van der Waals surface area contributed by atoms with Gasteiger partial charge in [0.1, 0.15) is 11.5 Å². The number of hydrogen-bond donors (Lipinski definition) is 1. The Bertz CT molecular complexity index is 954. The number of rotatable bonds is 5. The van der Waals surface area contributed by atoms with Crippen LogP contribution in [0.5, 0.6) is 0 Å². The summed E-state index contributed by atoms with van der Waals surface area (Å²) >= 11 is 0. The highest BCUT2D eigenvalue weighted by Gasteiger charge is 2.23. The number of pyridine rings is 1. The predicted octanol–water partition coefficient (Wildman–Crippen LogP) is 3.80. The molecule has 148 valence electrons. The first kappa shape index (κ1) is 18.9. The molecule has 0 atom stereocenters. The zero-order valence-corrected chi connectivity index (χ0v) is 16.1. The van der Waals surface area contributed by atoms with Gasteiger partial charge in [-0.2, -0.15) is 0 Å². The standard InChI is InChI=1S/C23H23FN4O/c24-19-6-8-21(9-7-19)27-12-14-28(15-13-27)23(29)22-16-20(10-11-25-22)26-17-18-4-2-1-3-5-18/h1-11,16H,12-15,17H2,(H,25,26). The molecule has 0 unspecified atom stereocenters. The van der Waals surface area contributed by atoms with Crippen LogP contribution < -0.4 is 10.2 Å². The first-order valence-corrected chi connectivity index (χ1v) is 9.73. The lowest BCUT2D eigenvalue weighted by molar-refractivity contribution is 0.0741. The van der Waals surface area contributed by atoms with Crippen molar-refractivity contribution in [3.8, 4) is 0 Å². The van der Waals surface area contributed by atoms with E-state index >= 15 is 0 Å². The number of aromatic nitrogens is 1. The van der Waals surface area contributed by atoms with Crippen LogP contribution in [-0.4, -0.2) is 42.0 Å². The number of nitrogens with zero attached hydrogens (tertiary/aromatic N) is 3. The normalized spacial score (nSPS) is 14.0. The van der Waals surface area contributed by atoms with E-state index in [2.05, 4.69) is 27.3 Å². The Hall–Kier alpha value is -3.41. The molecule has 1 saturated heterocycles. The highest BCUT2D eigenvalue weighted by Crippen LogP contribution is 2.18. The number of halogens is 1. The molecule has 29 heavy (non-hydrogen) atoms. The molecule has 1 aromatic heterocycles. The van der Waals surface area contributed by atoms with Gasteiger partial charge in [0.15, 0.2) is 0 Å². The zero-order valence-electron chi connectivity index (χ0n) is 16.1. The van der Waals surface area contributed by atoms with E-state index in [-0.39, 0.29) is 11.7 Å². The molecule has 2 aromatic carbocycles. The summed E-state index contributed by atoms with van der Waals surface area (Å²) in [5.41, 5.74) is 3.47. The van der Waals surface area contributed by atoms with E-state index in [9.17, 15) is 9.18 Å². The van der Waals surface area contributed by atoms with Gasteiger partial charge < -0.3 is 15.1 Å². The smallest absolute Gasteiger partial charge is 0.272 e. The highest BCUT2D eigenvalue weighted by molar-refractivity contribution is 5.93. The first-order chi connectivity index (χ1) is 14.2. The van der Waals surface area contributed by atoms with Crippen LogP contribution in [0.25, 0.3) is 0 Å². The lowest BCUT2D eigenvalue weighted by Gasteiger charge is -2.36. The number of carbonyl (C=O) groups excluding carboxylic acids is 1. The molecular weight excluding hydrogens is 367 g/mol. The molecule has 2 heterocycles. The zero-order chi connectivity index (χ0) is 20.1. The van der Waals surface area contributed by atoms with Crippen molar-refractivity contribution in [3.05, 3.63) is 90.0 Å². The Labute approximate surface area is 169 Å². The van der Waals surface area contributed by atoms with Crippen LogP contribution in [-0.2, 0) is 6.54 Å². The van der Waals surface area contributed by atoms with Crippen molar-refractivity contribution >= 4 is 17.3 Å². The van der Waals surface area contributed by atoms with E-state index in [4.69, 9.17) is 0 Å². The SMILES string of the molecule is O=C(c1cc(NCc2ccccc2)ccn1)N1CCN(c2ccc(F)cc2)CC1. The largest absolute Gasteiger partial charge is 0.381 e. The van der Waals surface area contributed by atoms with Gasteiger partial charge in [-0.15, -0.1) is 0 Å². The van der Waals surface area contributed by atoms with E-state index in [0.717, 1.165) is 11.4 Å². The molecule has 4 rings (SSSR count). The lowest BCUT2D eigenvalue weighted by Crippen LogP contribution is -2.49. The third-order valence-electron chi connectivity index (χ3n) is 5.08. The van der Waals surface area contributed by atoms with Crippen LogP contribution in [0.4, 0.5) is 15.8 Å². The van der Waals surface area contributed by atoms with Crippen LogP contribution in [0.3, 0.4) is 0 Å². The van der Waals surface area contributed by atoms with Crippen LogP contribution in [0.2, 0.25) is 0 Å². The summed E-state index contributed by atoms with van der Waals surface area (Å²) in [7, 11) is 0. The van der Waals surface area contributed by atoms with Crippen molar-refractivity contribution in [2.75, 3.05) is 36.4 Å². The van der Waals surface area contributed by atoms with Gasteiger partial charge in [0.25, 0.3) is 5.91 Å². The molecule has 1 N–H and O–H groups in total. The Morgan fingerprint density at radius 1 is 0.966 bits per heavy atom. The van der Waals surface area contributed by atoms with Crippen molar-refractivity contribution in [1.82, 2.24) is 9.88 Å². The number of nitrogens with one attached hydrogen (secondary N) is 1.